The molecule has 0 aliphatic carbocycles. The second kappa shape index (κ2) is 6.97. The number of pyridine rings is 1. The number of carbonyl (C=O) groups excluding carboxylic acids is 1. The second-order valence-corrected chi connectivity index (χ2v) is 6.59. The van der Waals surface area contributed by atoms with Gasteiger partial charge in [-0.05, 0) is 29.7 Å². The SMILES string of the molecule is CCC(C(=O)N1CCSC1c1ccncc1)c1ccccc1. The van der Waals surface area contributed by atoms with E-state index in [4.69, 9.17) is 0 Å². The van der Waals surface area contributed by atoms with Gasteiger partial charge in [-0.2, -0.15) is 0 Å². The predicted octanol–water partition coefficient (Wildman–Crippen LogP) is 3.85. The van der Waals surface area contributed by atoms with Crippen molar-refractivity contribution in [3.63, 3.8) is 0 Å². The minimum atomic E-state index is -0.0516. The third-order valence-electron chi connectivity index (χ3n) is 4.07. The van der Waals surface area contributed by atoms with Crippen molar-refractivity contribution in [2.45, 2.75) is 24.6 Å². The Morgan fingerprint density at radius 2 is 2.00 bits per heavy atom. The van der Waals surface area contributed by atoms with Crippen molar-refractivity contribution in [2.75, 3.05) is 12.3 Å². The molecule has 114 valence electrons. The molecular formula is C18H20N2OS. The molecule has 22 heavy (non-hydrogen) atoms. The zero-order valence-corrected chi connectivity index (χ0v) is 13.5. The predicted molar refractivity (Wildman–Crippen MR) is 90.6 cm³/mol. The highest BCUT2D eigenvalue weighted by molar-refractivity contribution is 7.99. The maximum Gasteiger partial charge on any atom is 0.231 e. The molecule has 0 radical (unpaired) electrons. The lowest BCUT2D eigenvalue weighted by Gasteiger charge is -2.28. The van der Waals surface area contributed by atoms with Crippen molar-refractivity contribution >= 4 is 17.7 Å². The lowest BCUT2D eigenvalue weighted by Crippen LogP contribution is -2.34. The van der Waals surface area contributed by atoms with E-state index >= 15 is 0 Å². The Balaban J connectivity index is 1.84. The van der Waals surface area contributed by atoms with Gasteiger partial charge in [-0.1, -0.05) is 37.3 Å². The molecule has 1 aromatic carbocycles. The zero-order valence-electron chi connectivity index (χ0n) is 12.7. The van der Waals surface area contributed by atoms with Gasteiger partial charge >= 0.3 is 0 Å². The molecule has 0 N–H and O–H groups in total. The fourth-order valence-electron chi connectivity index (χ4n) is 2.94. The summed E-state index contributed by atoms with van der Waals surface area (Å²) in [5, 5.41) is 0.119. The van der Waals surface area contributed by atoms with Gasteiger partial charge in [0, 0.05) is 24.7 Å². The molecule has 3 rings (SSSR count). The van der Waals surface area contributed by atoms with Crippen molar-refractivity contribution in [2.24, 2.45) is 0 Å². The molecule has 2 atom stereocenters. The highest BCUT2D eigenvalue weighted by Crippen LogP contribution is 2.39. The Kier molecular flexibility index (Phi) is 4.78. The summed E-state index contributed by atoms with van der Waals surface area (Å²) >= 11 is 1.83. The number of thioether (sulfide) groups is 1. The van der Waals surface area contributed by atoms with E-state index in [-0.39, 0.29) is 17.2 Å². The smallest absolute Gasteiger partial charge is 0.231 e. The van der Waals surface area contributed by atoms with Gasteiger partial charge in [0.25, 0.3) is 0 Å². The number of aromatic nitrogens is 1. The summed E-state index contributed by atoms with van der Waals surface area (Å²) < 4.78 is 0. The van der Waals surface area contributed by atoms with E-state index in [1.54, 1.807) is 12.4 Å². The largest absolute Gasteiger partial charge is 0.325 e. The number of carbonyl (C=O) groups is 1. The van der Waals surface area contributed by atoms with Crippen molar-refractivity contribution in [3.8, 4) is 0 Å². The number of nitrogens with zero attached hydrogens (tertiary/aromatic N) is 2. The third kappa shape index (κ3) is 3.02. The molecule has 1 aliphatic rings. The molecule has 0 bridgehead atoms. The van der Waals surface area contributed by atoms with E-state index in [1.807, 2.05) is 47.0 Å². The maximum atomic E-state index is 13.1. The van der Waals surface area contributed by atoms with Gasteiger partial charge in [-0.15, -0.1) is 11.8 Å². The average molecular weight is 312 g/mol. The second-order valence-electron chi connectivity index (χ2n) is 5.41. The molecule has 0 spiro atoms. The monoisotopic (exact) mass is 312 g/mol. The van der Waals surface area contributed by atoms with Gasteiger partial charge in [0.1, 0.15) is 5.37 Å². The summed E-state index contributed by atoms with van der Waals surface area (Å²) in [6.45, 7) is 2.90. The van der Waals surface area contributed by atoms with E-state index in [1.165, 1.54) is 0 Å². The number of hydrogen-bond acceptors (Lipinski definition) is 3. The van der Waals surface area contributed by atoms with Crippen LogP contribution in [0, 0.1) is 0 Å². The average Bonchev–Trinajstić information content (AvgIpc) is 3.07. The van der Waals surface area contributed by atoms with E-state index < -0.39 is 0 Å². The Labute approximate surface area is 135 Å². The van der Waals surface area contributed by atoms with Gasteiger partial charge in [0.05, 0.1) is 5.92 Å². The summed E-state index contributed by atoms with van der Waals surface area (Å²) in [4.78, 5) is 19.2. The van der Waals surface area contributed by atoms with E-state index in [0.717, 1.165) is 29.8 Å². The molecule has 1 saturated heterocycles. The van der Waals surface area contributed by atoms with Crippen molar-refractivity contribution < 1.29 is 4.79 Å². The topological polar surface area (TPSA) is 33.2 Å². The quantitative estimate of drug-likeness (QED) is 0.860. The molecule has 2 unspecified atom stereocenters. The number of benzene rings is 1. The minimum Gasteiger partial charge on any atom is -0.325 e. The molecule has 1 aromatic heterocycles. The molecule has 1 aliphatic heterocycles. The summed E-state index contributed by atoms with van der Waals surface area (Å²) in [6.07, 6.45) is 4.42. The Morgan fingerprint density at radius 1 is 1.27 bits per heavy atom. The molecule has 1 amide bonds. The number of amides is 1. The first-order chi connectivity index (χ1) is 10.8. The molecule has 4 heteroatoms. The van der Waals surface area contributed by atoms with Crippen LogP contribution in [0.5, 0.6) is 0 Å². The number of hydrogen-bond donors (Lipinski definition) is 0. The van der Waals surface area contributed by atoms with Crippen LogP contribution in [0.25, 0.3) is 0 Å². The summed E-state index contributed by atoms with van der Waals surface area (Å²) in [6, 6.07) is 14.1. The van der Waals surface area contributed by atoms with Gasteiger partial charge in [-0.3, -0.25) is 9.78 Å². The van der Waals surface area contributed by atoms with E-state index in [0.29, 0.717) is 0 Å². The van der Waals surface area contributed by atoms with Crippen molar-refractivity contribution in [3.05, 3.63) is 66.0 Å². The normalized spacial score (nSPS) is 19.1. The molecule has 2 aromatic rings. The fraction of sp³-hybridized carbons (Fsp3) is 0.333. The lowest BCUT2D eigenvalue weighted by molar-refractivity contribution is -0.133. The Bertz CT molecular complexity index is 617. The highest BCUT2D eigenvalue weighted by Gasteiger charge is 2.34. The minimum absolute atomic E-state index is 0.0516. The van der Waals surface area contributed by atoms with Crippen LogP contribution in [0.2, 0.25) is 0 Å². The van der Waals surface area contributed by atoms with Gasteiger partial charge in [-0.25, -0.2) is 0 Å². The zero-order chi connectivity index (χ0) is 15.4. The fourth-order valence-corrected chi connectivity index (χ4v) is 4.20. The standard InChI is InChI=1S/C18H20N2OS/c1-2-16(14-6-4-3-5-7-14)17(21)20-12-13-22-18(20)15-8-10-19-11-9-15/h3-11,16,18H,2,12-13H2,1H3. The molecule has 0 saturated carbocycles. The van der Waals surface area contributed by atoms with Crippen LogP contribution in [0.1, 0.15) is 35.8 Å². The Morgan fingerprint density at radius 3 is 2.68 bits per heavy atom. The van der Waals surface area contributed by atoms with Crippen LogP contribution in [-0.4, -0.2) is 28.1 Å². The molecule has 2 heterocycles. The van der Waals surface area contributed by atoms with E-state index in [9.17, 15) is 4.79 Å². The molecule has 3 nitrogen and oxygen atoms in total. The van der Waals surface area contributed by atoms with Crippen LogP contribution in [0.15, 0.2) is 54.9 Å². The molecule has 1 fully saturated rings. The first-order valence-corrected chi connectivity index (χ1v) is 8.73. The Hall–Kier alpha value is -1.81. The van der Waals surface area contributed by atoms with Crippen molar-refractivity contribution in [1.82, 2.24) is 9.88 Å². The first-order valence-electron chi connectivity index (χ1n) is 7.68. The van der Waals surface area contributed by atoms with Gasteiger partial charge in [0.2, 0.25) is 5.91 Å². The van der Waals surface area contributed by atoms with Crippen LogP contribution in [0.3, 0.4) is 0 Å². The first kappa shape index (κ1) is 15.1. The van der Waals surface area contributed by atoms with Crippen LogP contribution in [-0.2, 0) is 4.79 Å². The van der Waals surface area contributed by atoms with Gasteiger partial charge < -0.3 is 4.90 Å². The summed E-state index contributed by atoms with van der Waals surface area (Å²) in [5.41, 5.74) is 2.27. The summed E-state index contributed by atoms with van der Waals surface area (Å²) in [5.74, 6) is 1.17. The van der Waals surface area contributed by atoms with Gasteiger partial charge in [0.15, 0.2) is 0 Å². The third-order valence-corrected chi connectivity index (χ3v) is 5.33. The van der Waals surface area contributed by atoms with Crippen LogP contribution in [0.4, 0.5) is 0 Å². The van der Waals surface area contributed by atoms with Crippen LogP contribution >= 0.6 is 11.8 Å². The van der Waals surface area contributed by atoms with Crippen molar-refractivity contribution in [1.29, 1.82) is 0 Å². The summed E-state index contributed by atoms with van der Waals surface area (Å²) in [7, 11) is 0. The number of rotatable bonds is 4. The van der Waals surface area contributed by atoms with E-state index in [2.05, 4.69) is 24.0 Å². The van der Waals surface area contributed by atoms with Crippen LogP contribution < -0.4 is 0 Å². The lowest BCUT2D eigenvalue weighted by atomic mass is 9.95. The molecular weight excluding hydrogens is 292 g/mol. The maximum absolute atomic E-state index is 13.1. The highest BCUT2D eigenvalue weighted by atomic mass is 32.2.